The SMILES string of the molecule is CC(C)[C@H](C)NC(=O)c1ccc(N2CCOCC2)cc1. The van der Waals surface area contributed by atoms with E-state index in [1.807, 2.05) is 31.2 Å². The number of carbonyl (C=O) groups is 1. The van der Waals surface area contributed by atoms with Crippen molar-refractivity contribution in [3.05, 3.63) is 29.8 Å². The molecule has 0 spiro atoms. The predicted octanol–water partition coefficient (Wildman–Crippen LogP) is 2.30. The Morgan fingerprint density at radius 1 is 1.15 bits per heavy atom. The van der Waals surface area contributed by atoms with Gasteiger partial charge in [0.15, 0.2) is 0 Å². The summed E-state index contributed by atoms with van der Waals surface area (Å²) in [5, 5.41) is 3.02. The van der Waals surface area contributed by atoms with E-state index in [1.165, 1.54) is 0 Å². The highest BCUT2D eigenvalue weighted by Crippen LogP contribution is 2.16. The van der Waals surface area contributed by atoms with Crippen LogP contribution in [-0.4, -0.2) is 38.3 Å². The molecule has 1 aromatic rings. The van der Waals surface area contributed by atoms with Gasteiger partial charge in [-0.15, -0.1) is 0 Å². The fourth-order valence-corrected chi connectivity index (χ4v) is 2.10. The van der Waals surface area contributed by atoms with Gasteiger partial charge in [-0.2, -0.15) is 0 Å². The van der Waals surface area contributed by atoms with Crippen molar-refractivity contribution in [2.45, 2.75) is 26.8 Å². The van der Waals surface area contributed by atoms with Crippen molar-refractivity contribution < 1.29 is 9.53 Å². The van der Waals surface area contributed by atoms with Gasteiger partial charge in [0.05, 0.1) is 13.2 Å². The molecule has 1 aliphatic rings. The lowest BCUT2D eigenvalue weighted by Crippen LogP contribution is -2.37. The van der Waals surface area contributed by atoms with Crippen LogP contribution >= 0.6 is 0 Å². The second-order valence-electron chi connectivity index (χ2n) is 5.65. The maximum atomic E-state index is 12.1. The number of carbonyl (C=O) groups excluding carboxylic acids is 1. The van der Waals surface area contributed by atoms with Gasteiger partial charge < -0.3 is 15.0 Å². The number of hydrogen-bond donors (Lipinski definition) is 1. The lowest BCUT2D eigenvalue weighted by Gasteiger charge is -2.28. The molecule has 1 atom stereocenters. The average molecular weight is 276 g/mol. The first-order chi connectivity index (χ1) is 9.58. The van der Waals surface area contributed by atoms with E-state index in [2.05, 4.69) is 24.1 Å². The second kappa shape index (κ2) is 6.75. The fourth-order valence-electron chi connectivity index (χ4n) is 2.10. The summed E-state index contributed by atoms with van der Waals surface area (Å²) in [6.45, 7) is 9.61. The molecule has 20 heavy (non-hydrogen) atoms. The molecular weight excluding hydrogens is 252 g/mol. The molecule has 1 N–H and O–H groups in total. The molecule has 4 heteroatoms. The maximum absolute atomic E-state index is 12.1. The zero-order chi connectivity index (χ0) is 14.5. The van der Waals surface area contributed by atoms with Crippen molar-refractivity contribution >= 4 is 11.6 Å². The van der Waals surface area contributed by atoms with Crippen LogP contribution in [0, 0.1) is 5.92 Å². The summed E-state index contributed by atoms with van der Waals surface area (Å²) in [4.78, 5) is 14.4. The number of morpholine rings is 1. The molecule has 1 aliphatic heterocycles. The highest BCUT2D eigenvalue weighted by atomic mass is 16.5. The lowest BCUT2D eigenvalue weighted by molar-refractivity contribution is 0.0930. The quantitative estimate of drug-likeness (QED) is 0.917. The number of ether oxygens (including phenoxy) is 1. The molecule has 1 fully saturated rings. The summed E-state index contributed by atoms with van der Waals surface area (Å²) >= 11 is 0. The molecule has 2 rings (SSSR count). The minimum atomic E-state index is -0.000252. The Kier molecular flexibility index (Phi) is 5.01. The molecule has 0 radical (unpaired) electrons. The third kappa shape index (κ3) is 3.73. The fraction of sp³-hybridized carbons (Fsp3) is 0.562. The smallest absolute Gasteiger partial charge is 0.251 e. The van der Waals surface area contributed by atoms with E-state index in [0.29, 0.717) is 5.92 Å². The molecule has 1 heterocycles. The van der Waals surface area contributed by atoms with Crippen molar-refractivity contribution in [1.29, 1.82) is 0 Å². The number of anilines is 1. The van der Waals surface area contributed by atoms with Gasteiger partial charge in [0.1, 0.15) is 0 Å². The number of hydrogen-bond acceptors (Lipinski definition) is 3. The Bertz CT molecular complexity index is 436. The van der Waals surface area contributed by atoms with Crippen molar-refractivity contribution in [2.24, 2.45) is 5.92 Å². The standard InChI is InChI=1S/C16H24N2O2/c1-12(2)13(3)17-16(19)14-4-6-15(7-5-14)18-8-10-20-11-9-18/h4-7,12-13H,8-11H2,1-3H3,(H,17,19)/t13-/m0/s1. The molecule has 1 aromatic carbocycles. The summed E-state index contributed by atoms with van der Waals surface area (Å²) in [5.41, 5.74) is 1.87. The molecule has 0 saturated carbocycles. The van der Waals surface area contributed by atoms with E-state index in [1.54, 1.807) is 0 Å². The van der Waals surface area contributed by atoms with Gasteiger partial charge in [-0.05, 0) is 37.1 Å². The minimum absolute atomic E-state index is 0.000252. The number of nitrogens with zero attached hydrogens (tertiary/aromatic N) is 1. The van der Waals surface area contributed by atoms with E-state index in [4.69, 9.17) is 4.74 Å². The molecule has 0 aliphatic carbocycles. The lowest BCUT2D eigenvalue weighted by atomic mass is 10.1. The monoisotopic (exact) mass is 276 g/mol. The second-order valence-corrected chi connectivity index (χ2v) is 5.65. The number of amides is 1. The van der Waals surface area contributed by atoms with E-state index in [0.717, 1.165) is 37.6 Å². The van der Waals surface area contributed by atoms with Crippen LogP contribution in [0.25, 0.3) is 0 Å². The predicted molar refractivity (Wildman–Crippen MR) is 81.2 cm³/mol. The Balaban J connectivity index is 1.98. The molecule has 1 saturated heterocycles. The zero-order valence-corrected chi connectivity index (χ0v) is 12.6. The van der Waals surface area contributed by atoms with Crippen LogP contribution in [0.2, 0.25) is 0 Å². The molecule has 0 unspecified atom stereocenters. The zero-order valence-electron chi connectivity index (χ0n) is 12.6. The van der Waals surface area contributed by atoms with Crippen LogP contribution < -0.4 is 10.2 Å². The van der Waals surface area contributed by atoms with Crippen LogP contribution in [0.4, 0.5) is 5.69 Å². The van der Waals surface area contributed by atoms with E-state index < -0.39 is 0 Å². The van der Waals surface area contributed by atoms with Crippen LogP contribution in [0.1, 0.15) is 31.1 Å². The van der Waals surface area contributed by atoms with E-state index >= 15 is 0 Å². The first kappa shape index (κ1) is 14.9. The highest BCUT2D eigenvalue weighted by Gasteiger charge is 2.14. The number of rotatable bonds is 4. The molecule has 4 nitrogen and oxygen atoms in total. The molecule has 0 aromatic heterocycles. The Morgan fingerprint density at radius 2 is 1.75 bits per heavy atom. The maximum Gasteiger partial charge on any atom is 0.251 e. The summed E-state index contributed by atoms with van der Waals surface area (Å²) in [7, 11) is 0. The first-order valence-electron chi connectivity index (χ1n) is 7.31. The van der Waals surface area contributed by atoms with Gasteiger partial charge in [0.25, 0.3) is 5.91 Å². The molecule has 0 bridgehead atoms. The first-order valence-corrected chi connectivity index (χ1v) is 7.31. The third-order valence-electron chi connectivity index (χ3n) is 3.86. The van der Waals surface area contributed by atoms with Gasteiger partial charge in [-0.25, -0.2) is 0 Å². The normalized spacial score (nSPS) is 17.1. The van der Waals surface area contributed by atoms with Gasteiger partial charge in [0.2, 0.25) is 0 Å². The number of benzene rings is 1. The Hall–Kier alpha value is -1.55. The Morgan fingerprint density at radius 3 is 2.30 bits per heavy atom. The third-order valence-corrected chi connectivity index (χ3v) is 3.86. The van der Waals surface area contributed by atoms with Crippen LogP contribution in [0.5, 0.6) is 0 Å². The Labute approximate surface area is 121 Å². The summed E-state index contributed by atoms with van der Waals surface area (Å²) in [5.74, 6) is 0.436. The summed E-state index contributed by atoms with van der Waals surface area (Å²) in [6, 6.07) is 8.00. The topological polar surface area (TPSA) is 41.6 Å². The highest BCUT2D eigenvalue weighted by molar-refractivity contribution is 5.94. The minimum Gasteiger partial charge on any atom is -0.378 e. The average Bonchev–Trinajstić information content (AvgIpc) is 2.48. The van der Waals surface area contributed by atoms with Crippen molar-refractivity contribution in [3.8, 4) is 0 Å². The van der Waals surface area contributed by atoms with Gasteiger partial charge in [-0.3, -0.25) is 4.79 Å². The van der Waals surface area contributed by atoms with E-state index in [-0.39, 0.29) is 11.9 Å². The van der Waals surface area contributed by atoms with Gasteiger partial charge in [0, 0.05) is 30.4 Å². The largest absolute Gasteiger partial charge is 0.378 e. The van der Waals surface area contributed by atoms with Crippen LogP contribution in [-0.2, 0) is 4.74 Å². The van der Waals surface area contributed by atoms with Crippen molar-refractivity contribution in [3.63, 3.8) is 0 Å². The van der Waals surface area contributed by atoms with Crippen LogP contribution in [0.3, 0.4) is 0 Å². The summed E-state index contributed by atoms with van der Waals surface area (Å²) < 4.78 is 5.34. The molecule has 1 amide bonds. The van der Waals surface area contributed by atoms with Crippen molar-refractivity contribution in [2.75, 3.05) is 31.2 Å². The van der Waals surface area contributed by atoms with Crippen LogP contribution in [0.15, 0.2) is 24.3 Å². The van der Waals surface area contributed by atoms with Crippen molar-refractivity contribution in [1.82, 2.24) is 5.32 Å². The van der Waals surface area contributed by atoms with Gasteiger partial charge >= 0.3 is 0 Å². The number of nitrogens with one attached hydrogen (secondary N) is 1. The molecular formula is C16H24N2O2. The molecule has 110 valence electrons. The summed E-state index contributed by atoms with van der Waals surface area (Å²) in [6.07, 6.45) is 0. The van der Waals surface area contributed by atoms with Gasteiger partial charge in [-0.1, -0.05) is 13.8 Å². The van der Waals surface area contributed by atoms with E-state index in [9.17, 15) is 4.79 Å².